The number of nitrogens with zero attached hydrogens (tertiary/aromatic N) is 4. The Kier molecular flexibility index (Phi) is 7.47. The second kappa shape index (κ2) is 10.8. The second-order valence-corrected chi connectivity index (χ2v) is 12.3. The average molecular weight is 551 g/mol. The molecule has 1 amide bonds. The summed E-state index contributed by atoms with van der Waals surface area (Å²) in [5.74, 6) is 0.349. The van der Waals surface area contributed by atoms with Gasteiger partial charge in [0.15, 0.2) is 5.13 Å². The number of piperidine rings is 1. The minimum Gasteiger partial charge on any atom is -0.494 e. The number of benzene rings is 2. The normalized spacial score (nSPS) is 16.4. The number of carbonyl (C=O) groups excluding carboxylic acids is 1. The van der Waals surface area contributed by atoms with Crippen molar-refractivity contribution >= 4 is 42.6 Å². The van der Waals surface area contributed by atoms with Gasteiger partial charge in [-0.05, 0) is 74.7 Å². The van der Waals surface area contributed by atoms with Crippen molar-refractivity contribution in [1.29, 1.82) is 0 Å². The summed E-state index contributed by atoms with van der Waals surface area (Å²) in [5.41, 5.74) is 2.82. The first kappa shape index (κ1) is 26.3. The first-order valence-electron chi connectivity index (χ1n) is 12.6. The maximum Gasteiger partial charge on any atom is 0.260 e. The summed E-state index contributed by atoms with van der Waals surface area (Å²) in [7, 11) is -2.03. The lowest BCUT2D eigenvalue weighted by molar-refractivity contribution is 0.0984. The molecule has 1 fully saturated rings. The quantitative estimate of drug-likeness (QED) is 0.305. The highest BCUT2D eigenvalue weighted by Crippen LogP contribution is 2.37. The van der Waals surface area contributed by atoms with Crippen LogP contribution in [0.3, 0.4) is 0 Å². The van der Waals surface area contributed by atoms with Crippen molar-refractivity contribution in [3.8, 4) is 5.75 Å². The highest BCUT2D eigenvalue weighted by atomic mass is 32.2. The number of thiazole rings is 1. The molecule has 38 heavy (non-hydrogen) atoms. The van der Waals surface area contributed by atoms with Crippen molar-refractivity contribution in [3.63, 3.8) is 0 Å². The van der Waals surface area contributed by atoms with Crippen molar-refractivity contribution in [2.45, 2.75) is 50.6 Å². The number of hydrogen-bond acceptors (Lipinski definition) is 7. The van der Waals surface area contributed by atoms with Gasteiger partial charge in [-0.2, -0.15) is 4.31 Å². The SMILES string of the molecule is COc1ccc(C)c2sc(N(Cc3ccccn3)C(=O)c3ccc(S(=O)(=O)N4CCCCC4C)cc3)nc12. The molecule has 0 N–H and O–H groups in total. The van der Waals surface area contributed by atoms with Crippen LogP contribution in [-0.4, -0.2) is 48.3 Å². The van der Waals surface area contributed by atoms with Crippen LogP contribution in [0.25, 0.3) is 10.2 Å². The fraction of sp³-hybridized carbons (Fsp3) is 0.321. The summed E-state index contributed by atoms with van der Waals surface area (Å²) in [5, 5.41) is 0.516. The number of pyridine rings is 1. The van der Waals surface area contributed by atoms with Crippen LogP contribution in [0, 0.1) is 6.92 Å². The van der Waals surface area contributed by atoms with Gasteiger partial charge in [0.25, 0.3) is 5.91 Å². The Hall–Kier alpha value is -3.34. The van der Waals surface area contributed by atoms with Crippen LogP contribution in [0.15, 0.2) is 65.7 Å². The number of ether oxygens (including phenoxy) is 1. The molecule has 0 aliphatic carbocycles. The predicted molar refractivity (Wildman–Crippen MR) is 149 cm³/mol. The van der Waals surface area contributed by atoms with Gasteiger partial charge in [-0.1, -0.05) is 29.9 Å². The minimum atomic E-state index is -3.63. The molecule has 4 aromatic rings. The largest absolute Gasteiger partial charge is 0.494 e. The molecule has 1 unspecified atom stereocenters. The number of hydrogen-bond donors (Lipinski definition) is 0. The number of methoxy groups -OCH3 is 1. The van der Waals surface area contributed by atoms with E-state index in [9.17, 15) is 13.2 Å². The number of aryl methyl sites for hydroxylation is 1. The standard InChI is InChI=1S/C28H30N4O4S2/c1-19-10-15-24(36-3)25-26(19)37-28(30-25)31(18-22-9-4-6-16-29-22)27(33)21-11-13-23(14-12-21)38(34,35)32-17-7-5-8-20(32)2/h4,6,9-16,20H,5,7-8,17-18H2,1-3H3. The fourth-order valence-corrected chi connectivity index (χ4v) is 7.50. The predicted octanol–water partition coefficient (Wildman–Crippen LogP) is 5.42. The van der Waals surface area contributed by atoms with Gasteiger partial charge in [-0.25, -0.2) is 13.4 Å². The molecule has 8 nitrogen and oxygen atoms in total. The Morgan fingerprint density at radius 3 is 2.61 bits per heavy atom. The first-order chi connectivity index (χ1) is 18.3. The lowest BCUT2D eigenvalue weighted by atomic mass is 10.1. The summed E-state index contributed by atoms with van der Waals surface area (Å²) < 4.78 is 34.6. The van der Waals surface area contributed by atoms with Crippen molar-refractivity contribution in [2.24, 2.45) is 0 Å². The third-order valence-corrected chi connectivity index (χ3v) is 10.1. The molecule has 0 radical (unpaired) electrons. The highest BCUT2D eigenvalue weighted by Gasteiger charge is 2.31. The molecular weight excluding hydrogens is 520 g/mol. The average Bonchev–Trinajstić information content (AvgIpc) is 3.39. The molecule has 2 aromatic heterocycles. The van der Waals surface area contributed by atoms with E-state index in [0.29, 0.717) is 34.2 Å². The molecule has 1 saturated heterocycles. The lowest BCUT2D eigenvalue weighted by Crippen LogP contribution is -2.41. The molecule has 2 aromatic carbocycles. The smallest absolute Gasteiger partial charge is 0.260 e. The first-order valence-corrected chi connectivity index (χ1v) is 14.8. The van der Waals surface area contributed by atoms with E-state index < -0.39 is 10.0 Å². The van der Waals surface area contributed by atoms with Gasteiger partial charge in [0.1, 0.15) is 11.3 Å². The van der Waals surface area contributed by atoms with Gasteiger partial charge in [-0.3, -0.25) is 14.7 Å². The molecule has 1 aliphatic rings. The number of fused-ring (bicyclic) bond motifs is 1. The minimum absolute atomic E-state index is 0.0385. The number of sulfonamides is 1. The van der Waals surface area contributed by atoms with Gasteiger partial charge in [0.05, 0.1) is 28.9 Å². The van der Waals surface area contributed by atoms with E-state index in [1.54, 1.807) is 34.6 Å². The molecule has 5 rings (SSSR count). The molecule has 0 bridgehead atoms. The van der Waals surface area contributed by atoms with Crippen LogP contribution < -0.4 is 9.64 Å². The molecule has 0 saturated carbocycles. The fourth-order valence-electron chi connectivity index (χ4n) is 4.75. The lowest BCUT2D eigenvalue weighted by Gasteiger charge is -2.32. The van der Waals surface area contributed by atoms with Crippen molar-refractivity contribution in [2.75, 3.05) is 18.6 Å². The van der Waals surface area contributed by atoms with Crippen molar-refractivity contribution in [3.05, 3.63) is 77.6 Å². The van der Waals surface area contributed by atoms with E-state index in [1.807, 2.05) is 44.2 Å². The molecule has 1 aliphatic heterocycles. The number of carbonyl (C=O) groups is 1. The molecule has 10 heteroatoms. The van der Waals surface area contributed by atoms with Crippen molar-refractivity contribution in [1.82, 2.24) is 14.3 Å². The third-order valence-electron chi connectivity index (χ3n) is 6.88. The number of rotatable bonds is 7. The zero-order chi connectivity index (χ0) is 26.9. The summed E-state index contributed by atoms with van der Waals surface area (Å²) in [6.45, 7) is 4.67. The monoisotopic (exact) mass is 550 g/mol. The van der Waals surface area contributed by atoms with Gasteiger partial charge in [0, 0.05) is 24.3 Å². The Morgan fingerprint density at radius 2 is 1.92 bits per heavy atom. The van der Waals surface area contributed by atoms with E-state index >= 15 is 0 Å². The van der Waals surface area contributed by atoms with Gasteiger partial charge < -0.3 is 4.74 Å². The van der Waals surface area contributed by atoms with Crippen LogP contribution in [0.2, 0.25) is 0 Å². The topological polar surface area (TPSA) is 92.7 Å². The van der Waals surface area contributed by atoms with Crippen LogP contribution in [0.4, 0.5) is 5.13 Å². The number of aromatic nitrogens is 2. The van der Waals surface area contributed by atoms with Crippen LogP contribution in [-0.2, 0) is 16.6 Å². The van der Waals surface area contributed by atoms with Gasteiger partial charge in [-0.15, -0.1) is 0 Å². The van der Waals surface area contributed by atoms with Crippen LogP contribution >= 0.6 is 11.3 Å². The van der Waals surface area contributed by atoms with Crippen molar-refractivity contribution < 1.29 is 17.9 Å². The molecule has 0 spiro atoms. The zero-order valence-corrected chi connectivity index (χ0v) is 23.3. The Balaban J connectivity index is 1.50. The van der Waals surface area contributed by atoms with E-state index in [-0.39, 0.29) is 23.4 Å². The Bertz CT molecular complexity index is 1550. The van der Waals surface area contributed by atoms with E-state index in [1.165, 1.54) is 23.5 Å². The Labute approximate surface area is 227 Å². The molecule has 198 valence electrons. The number of amides is 1. The maximum absolute atomic E-state index is 13.9. The summed E-state index contributed by atoms with van der Waals surface area (Å²) in [6.07, 6.45) is 4.43. The maximum atomic E-state index is 13.9. The van der Waals surface area contributed by atoms with E-state index in [0.717, 1.165) is 29.5 Å². The summed E-state index contributed by atoms with van der Waals surface area (Å²) in [4.78, 5) is 24.8. The van der Waals surface area contributed by atoms with Gasteiger partial charge >= 0.3 is 0 Å². The summed E-state index contributed by atoms with van der Waals surface area (Å²) >= 11 is 1.41. The molecule has 1 atom stereocenters. The Morgan fingerprint density at radius 1 is 1.13 bits per heavy atom. The third kappa shape index (κ3) is 5.03. The molecule has 3 heterocycles. The van der Waals surface area contributed by atoms with E-state index in [2.05, 4.69) is 4.98 Å². The number of anilines is 1. The summed E-state index contributed by atoms with van der Waals surface area (Å²) in [6, 6.07) is 15.6. The highest BCUT2D eigenvalue weighted by molar-refractivity contribution is 7.89. The van der Waals surface area contributed by atoms with E-state index in [4.69, 9.17) is 9.72 Å². The van der Waals surface area contributed by atoms with Crippen LogP contribution in [0.1, 0.15) is 47.8 Å². The second-order valence-electron chi connectivity index (χ2n) is 9.46. The van der Waals surface area contributed by atoms with Crippen LogP contribution in [0.5, 0.6) is 5.75 Å². The van der Waals surface area contributed by atoms with Gasteiger partial charge in [0.2, 0.25) is 10.0 Å². The molecular formula is C28H30N4O4S2. The zero-order valence-electron chi connectivity index (χ0n) is 21.6.